The summed E-state index contributed by atoms with van der Waals surface area (Å²) in [7, 11) is -3.32. The molecule has 0 bridgehead atoms. The first-order valence-electron chi connectivity index (χ1n) is 4.89. The molecule has 0 aliphatic rings. The summed E-state index contributed by atoms with van der Waals surface area (Å²) >= 11 is 5.97. The Kier molecular flexibility index (Phi) is 4.58. The van der Waals surface area contributed by atoms with E-state index in [9.17, 15) is 8.42 Å². The minimum absolute atomic E-state index is 0.346. The lowest BCUT2D eigenvalue weighted by Gasteiger charge is -2.23. The fourth-order valence-electron chi connectivity index (χ4n) is 1.35. The average Bonchev–Trinajstić information content (AvgIpc) is 2.19. The number of sulfonamides is 1. The SMILES string of the molecule is CS(=O)(=O)N(CCCN)c1ccccc1Cl. The van der Waals surface area contributed by atoms with Crippen LogP contribution in [0.1, 0.15) is 6.42 Å². The van der Waals surface area contributed by atoms with Crippen LogP contribution < -0.4 is 10.0 Å². The molecule has 0 atom stereocenters. The number of anilines is 1. The van der Waals surface area contributed by atoms with Crippen molar-refractivity contribution in [1.82, 2.24) is 0 Å². The van der Waals surface area contributed by atoms with Gasteiger partial charge in [-0.2, -0.15) is 0 Å². The molecule has 16 heavy (non-hydrogen) atoms. The Hall–Kier alpha value is -0.780. The zero-order valence-corrected chi connectivity index (χ0v) is 10.6. The maximum atomic E-state index is 11.6. The lowest BCUT2D eigenvalue weighted by atomic mass is 10.3. The molecule has 0 saturated heterocycles. The van der Waals surface area contributed by atoms with Gasteiger partial charge in [0.2, 0.25) is 10.0 Å². The van der Waals surface area contributed by atoms with E-state index in [1.807, 2.05) is 0 Å². The van der Waals surface area contributed by atoms with Crippen LogP contribution in [0.25, 0.3) is 0 Å². The second-order valence-electron chi connectivity index (χ2n) is 3.43. The van der Waals surface area contributed by atoms with Gasteiger partial charge in [-0.15, -0.1) is 0 Å². The van der Waals surface area contributed by atoms with Gasteiger partial charge in [-0.3, -0.25) is 4.31 Å². The highest BCUT2D eigenvalue weighted by Gasteiger charge is 2.18. The second kappa shape index (κ2) is 5.52. The van der Waals surface area contributed by atoms with Gasteiger partial charge < -0.3 is 5.73 Å². The summed E-state index contributed by atoms with van der Waals surface area (Å²) in [4.78, 5) is 0. The van der Waals surface area contributed by atoms with Crippen LogP contribution in [0.2, 0.25) is 5.02 Å². The van der Waals surface area contributed by atoms with E-state index in [0.29, 0.717) is 30.2 Å². The minimum Gasteiger partial charge on any atom is -0.330 e. The molecular weight excluding hydrogens is 248 g/mol. The van der Waals surface area contributed by atoms with E-state index in [1.54, 1.807) is 24.3 Å². The molecule has 0 aromatic heterocycles. The Bertz CT molecular complexity index is 448. The summed E-state index contributed by atoms with van der Waals surface area (Å²) in [6.45, 7) is 0.787. The number of nitrogens with two attached hydrogens (primary N) is 1. The zero-order valence-electron chi connectivity index (χ0n) is 9.06. The number of hydrogen-bond donors (Lipinski definition) is 1. The van der Waals surface area contributed by atoms with Gasteiger partial charge in [0.1, 0.15) is 0 Å². The summed E-state index contributed by atoms with van der Waals surface area (Å²) in [5.74, 6) is 0. The van der Waals surface area contributed by atoms with Crippen LogP contribution >= 0.6 is 11.6 Å². The summed E-state index contributed by atoms with van der Waals surface area (Å²) in [6, 6.07) is 6.86. The largest absolute Gasteiger partial charge is 0.330 e. The molecule has 6 heteroatoms. The van der Waals surface area contributed by atoms with E-state index in [2.05, 4.69) is 0 Å². The van der Waals surface area contributed by atoms with Crippen molar-refractivity contribution in [2.45, 2.75) is 6.42 Å². The molecule has 0 amide bonds. The van der Waals surface area contributed by atoms with Crippen molar-refractivity contribution in [3.63, 3.8) is 0 Å². The van der Waals surface area contributed by atoms with Gasteiger partial charge in [-0.05, 0) is 25.1 Å². The summed E-state index contributed by atoms with van der Waals surface area (Å²) < 4.78 is 24.5. The Morgan fingerprint density at radius 3 is 2.50 bits per heavy atom. The van der Waals surface area contributed by atoms with Gasteiger partial charge in [-0.25, -0.2) is 8.42 Å². The molecule has 0 spiro atoms. The maximum Gasteiger partial charge on any atom is 0.232 e. The molecule has 2 N–H and O–H groups in total. The van der Waals surface area contributed by atoms with Crippen molar-refractivity contribution >= 4 is 27.3 Å². The Morgan fingerprint density at radius 1 is 1.38 bits per heavy atom. The van der Waals surface area contributed by atoms with Crippen LogP contribution in [0, 0.1) is 0 Å². The fourth-order valence-corrected chi connectivity index (χ4v) is 2.62. The number of para-hydroxylation sites is 1. The van der Waals surface area contributed by atoms with Crippen molar-refractivity contribution in [2.24, 2.45) is 5.73 Å². The standard InChI is InChI=1S/C10H15ClN2O2S/c1-16(14,15)13(8-4-7-12)10-6-3-2-5-9(10)11/h2-3,5-6H,4,7-8,12H2,1H3. The number of rotatable bonds is 5. The second-order valence-corrected chi connectivity index (χ2v) is 5.74. The fraction of sp³-hybridized carbons (Fsp3) is 0.400. The molecule has 1 aromatic rings. The highest BCUT2D eigenvalue weighted by molar-refractivity contribution is 7.92. The van der Waals surface area contributed by atoms with Gasteiger partial charge in [0.25, 0.3) is 0 Å². The molecule has 0 aliphatic carbocycles. The number of benzene rings is 1. The van der Waals surface area contributed by atoms with E-state index < -0.39 is 10.0 Å². The number of hydrogen-bond acceptors (Lipinski definition) is 3. The molecule has 90 valence electrons. The lowest BCUT2D eigenvalue weighted by molar-refractivity contribution is 0.595. The van der Waals surface area contributed by atoms with Crippen LogP contribution in [-0.4, -0.2) is 27.8 Å². The first kappa shape index (κ1) is 13.3. The molecule has 0 saturated carbocycles. The third-order valence-electron chi connectivity index (χ3n) is 2.09. The van der Waals surface area contributed by atoms with E-state index in [1.165, 1.54) is 4.31 Å². The Balaban J connectivity index is 3.07. The van der Waals surface area contributed by atoms with Crippen LogP contribution in [-0.2, 0) is 10.0 Å². The van der Waals surface area contributed by atoms with Crippen molar-refractivity contribution in [2.75, 3.05) is 23.7 Å². The monoisotopic (exact) mass is 262 g/mol. The third-order valence-corrected chi connectivity index (χ3v) is 3.59. The molecule has 1 rings (SSSR count). The molecule has 0 unspecified atom stereocenters. The van der Waals surface area contributed by atoms with Gasteiger partial charge >= 0.3 is 0 Å². The van der Waals surface area contributed by atoms with E-state index in [0.717, 1.165) is 6.26 Å². The predicted molar refractivity (Wildman–Crippen MR) is 67.3 cm³/mol. The topological polar surface area (TPSA) is 63.4 Å². The van der Waals surface area contributed by atoms with Crippen molar-refractivity contribution in [3.05, 3.63) is 29.3 Å². The van der Waals surface area contributed by atoms with Crippen LogP contribution in [0.4, 0.5) is 5.69 Å². The molecule has 1 aromatic carbocycles. The smallest absolute Gasteiger partial charge is 0.232 e. The normalized spacial score (nSPS) is 11.4. The first-order chi connectivity index (χ1) is 7.46. The average molecular weight is 263 g/mol. The maximum absolute atomic E-state index is 11.6. The molecule has 0 radical (unpaired) electrons. The van der Waals surface area contributed by atoms with E-state index in [4.69, 9.17) is 17.3 Å². The summed E-state index contributed by atoms with van der Waals surface area (Å²) in [6.07, 6.45) is 1.76. The van der Waals surface area contributed by atoms with Crippen molar-refractivity contribution < 1.29 is 8.42 Å². The first-order valence-corrected chi connectivity index (χ1v) is 7.11. The van der Waals surface area contributed by atoms with Crippen LogP contribution in [0.3, 0.4) is 0 Å². The number of halogens is 1. The zero-order chi connectivity index (χ0) is 12.2. The van der Waals surface area contributed by atoms with Crippen LogP contribution in [0.15, 0.2) is 24.3 Å². The van der Waals surface area contributed by atoms with Crippen LogP contribution in [0.5, 0.6) is 0 Å². The van der Waals surface area contributed by atoms with Gasteiger partial charge in [0.05, 0.1) is 17.0 Å². The highest BCUT2D eigenvalue weighted by Crippen LogP contribution is 2.27. The molecule has 0 heterocycles. The molecule has 4 nitrogen and oxygen atoms in total. The molecular formula is C10H15ClN2O2S. The molecule has 0 aliphatic heterocycles. The number of nitrogens with zero attached hydrogens (tertiary/aromatic N) is 1. The lowest BCUT2D eigenvalue weighted by Crippen LogP contribution is -2.32. The summed E-state index contributed by atoms with van der Waals surface area (Å²) in [5.41, 5.74) is 5.88. The van der Waals surface area contributed by atoms with Crippen molar-refractivity contribution in [3.8, 4) is 0 Å². The summed E-state index contributed by atoms with van der Waals surface area (Å²) in [5, 5.41) is 0.421. The van der Waals surface area contributed by atoms with Crippen molar-refractivity contribution in [1.29, 1.82) is 0 Å². The van der Waals surface area contributed by atoms with E-state index >= 15 is 0 Å². The van der Waals surface area contributed by atoms with Gasteiger partial charge in [0, 0.05) is 6.54 Å². The third kappa shape index (κ3) is 3.37. The van der Waals surface area contributed by atoms with E-state index in [-0.39, 0.29) is 0 Å². The predicted octanol–water partition coefficient (Wildman–Crippen LogP) is 1.45. The molecule has 0 fully saturated rings. The highest BCUT2D eigenvalue weighted by atomic mass is 35.5. The Morgan fingerprint density at radius 2 is 2.00 bits per heavy atom. The minimum atomic E-state index is -3.32. The van der Waals surface area contributed by atoms with Gasteiger partial charge in [0.15, 0.2) is 0 Å². The quantitative estimate of drug-likeness (QED) is 0.874. The van der Waals surface area contributed by atoms with Gasteiger partial charge in [-0.1, -0.05) is 23.7 Å². The Labute approximate surface area is 101 Å².